The van der Waals surface area contributed by atoms with Gasteiger partial charge in [-0.2, -0.15) is 0 Å². The van der Waals surface area contributed by atoms with Crippen molar-refractivity contribution in [2.45, 2.75) is 19.4 Å². The van der Waals surface area contributed by atoms with Gasteiger partial charge >= 0.3 is 5.97 Å². The summed E-state index contributed by atoms with van der Waals surface area (Å²) in [5.41, 5.74) is 6.45. The Morgan fingerprint density at radius 2 is 2.56 bits per heavy atom. The lowest BCUT2D eigenvalue weighted by atomic mass is 10.2. The Kier molecular flexibility index (Phi) is 3.99. The third-order valence-corrected chi connectivity index (χ3v) is 2.67. The summed E-state index contributed by atoms with van der Waals surface area (Å²) < 4.78 is 10.3. The van der Waals surface area contributed by atoms with Crippen LogP contribution in [0.3, 0.4) is 0 Å². The van der Waals surface area contributed by atoms with Gasteiger partial charge in [-0.05, 0) is 19.4 Å². The van der Waals surface area contributed by atoms with Crippen molar-refractivity contribution in [3.05, 3.63) is 17.8 Å². The molecule has 1 aromatic rings. The molecular weight excluding hydrogens is 234 g/mol. The minimum absolute atomic E-state index is 0.175. The summed E-state index contributed by atoms with van der Waals surface area (Å²) in [5, 5.41) is 3.18. The number of rotatable bonds is 4. The molecule has 98 valence electrons. The number of pyridine rings is 1. The van der Waals surface area contributed by atoms with Gasteiger partial charge in [-0.1, -0.05) is 0 Å². The number of nitrogens with zero attached hydrogens (tertiary/aromatic N) is 1. The molecule has 2 heterocycles. The molecular formula is C12H17N3O3. The van der Waals surface area contributed by atoms with E-state index < -0.39 is 5.97 Å². The Morgan fingerprint density at radius 3 is 3.22 bits per heavy atom. The van der Waals surface area contributed by atoms with E-state index in [2.05, 4.69) is 10.3 Å². The minimum Gasteiger partial charge on any atom is -0.462 e. The zero-order valence-corrected chi connectivity index (χ0v) is 10.3. The van der Waals surface area contributed by atoms with Crippen molar-refractivity contribution in [2.75, 3.05) is 30.9 Å². The maximum Gasteiger partial charge on any atom is 0.341 e. The largest absolute Gasteiger partial charge is 0.462 e. The lowest BCUT2D eigenvalue weighted by Crippen LogP contribution is -2.22. The maximum atomic E-state index is 11.8. The van der Waals surface area contributed by atoms with Crippen molar-refractivity contribution >= 4 is 17.5 Å². The fourth-order valence-corrected chi connectivity index (χ4v) is 1.80. The molecule has 0 saturated carbocycles. The molecule has 0 amide bonds. The van der Waals surface area contributed by atoms with Crippen LogP contribution < -0.4 is 11.1 Å². The first-order valence-corrected chi connectivity index (χ1v) is 5.97. The highest BCUT2D eigenvalue weighted by Crippen LogP contribution is 2.19. The van der Waals surface area contributed by atoms with Crippen molar-refractivity contribution < 1.29 is 14.3 Å². The fraction of sp³-hybridized carbons (Fsp3) is 0.500. The highest BCUT2D eigenvalue weighted by molar-refractivity contribution is 5.95. The van der Waals surface area contributed by atoms with Crippen LogP contribution in [0.2, 0.25) is 0 Å². The lowest BCUT2D eigenvalue weighted by Gasteiger charge is -2.14. The number of carbonyl (C=O) groups is 1. The van der Waals surface area contributed by atoms with E-state index in [0.717, 1.165) is 13.0 Å². The van der Waals surface area contributed by atoms with Gasteiger partial charge in [-0.3, -0.25) is 0 Å². The van der Waals surface area contributed by atoms with Gasteiger partial charge in [0.2, 0.25) is 0 Å². The van der Waals surface area contributed by atoms with Gasteiger partial charge < -0.3 is 20.5 Å². The Balaban J connectivity index is 2.19. The molecule has 0 aliphatic carbocycles. The van der Waals surface area contributed by atoms with E-state index in [1.54, 1.807) is 13.0 Å². The molecule has 0 aromatic carbocycles. The van der Waals surface area contributed by atoms with Crippen molar-refractivity contribution in [3.8, 4) is 0 Å². The predicted molar refractivity (Wildman–Crippen MR) is 67.5 cm³/mol. The van der Waals surface area contributed by atoms with E-state index in [9.17, 15) is 4.79 Å². The van der Waals surface area contributed by atoms with Crippen LogP contribution >= 0.6 is 0 Å². The van der Waals surface area contributed by atoms with Gasteiger partial charge in [0.15, 0.2) is 0 Å². The standard InChI is InChI=1S/C12H17N3O3/c1-2-18-12(16)10-5-8(13)6-14-11(10)15-9-3-4-17-7-9/h5-6,9H,2-4,7,13H2,1H3,(H,14,15). The number of carbonyl (C=O) groups excluding carboxylic acids is 1. The molecule has 1 aromatic heterocycles. The summed E-state index contributed by atoms with van der Waals surface area (Å²) >= 11 is 0. The third-order valence-electron chi connectivity index (χ3n) is 2.67. The number of nitrogen functional groups attached to an aromatic ring is 1. The number of anilines is 2. The summed E-state index contributed by atoms with van der Waals surface area (Å²) in [6.07, 6.45) is 2.41. The summed E-state index contributed by atoms with van der Waals surface area (Å²) in [7, 11) is 0. The Morgan fingerprint density at radius 1 is 1.72 bits per heavy atom. The van der Waals surface area contributed by atoms with Crippen LogP contribution in [-0.2, 0) is 9.47 Å². The molecule has 6 nitrogen and oxygen atoms in total. The molecule has 1 fully saturated rings. The topological polar surface area (TPSA) is 86.5 Å². The maximum absolute atomic E-state index is 11.8. The van der Waals surface area contributed by atoms with Gasteiger partial charge in [-0.15, -0.1) is 0 Å². The van der Waals surface area contributed by atoms with E-state index in [1.165, 1.54) is 6.20 Å². The van der Waals surface area contributed by atoms with E-state index in [4.69, 9.17) is 15.2 Å². The third kappa shape index (κ3) is 2.89. The molecule has 1 saturated heterocycles. The molecule has 6 heteroatoms. The average Bonchev–Trinajstić information content (AvgIpc) is 2.84. The van der Waals surface area contributed by atoms with Crippen LogP contribution in [0.25, 0.3) is 0 Å². The van der Waals surface area contributed by atoms with Gasteiger partial charge in [-0.25, -0.2) is 9.78 Å². The van der Waals surface area contributed by atoms with Gasteiger partial charge in [0.25, 0.3) is 0 Å². The molecule has 1 aliphatic heterocycles. The number of aromatic nitrogens is 1. The van der Waals surface area contributed by atoms with Crippen LogP contribution in [-0.4, -0.2) is 36.8 Å². The summed E-state index contributed by atoms with van der Waals surface area (Å²) in [4.78, 5) is 16.0. The highest BCUT2D eigenvalue weighted by Gasteiger charge is 2.20. The van der Waals surface area contributed by atoms with Gasteiger partial charge in [0.05, 0.1) is 31.1 Å². The molecule has 0 bridgehead atoms. The molecule has 18 heavy (non-hydrogen) atoms. The predicted octanol–water partition coefficient (Wildman–Crippen LogP) is 1.04. The molecule has 1 unspecified atom stereocenters. The van der Waals surface area contributed by atoms with Crippen LogP contribution in [0.5, 0.6) is 0 Å². The SMILES string of the molecule is CCOC(=O)c1cc(N)cnc1NC1CCOC1. The molecule has 2 rings (SSSR count). The first-order valence-electron chi connectivity index (χ1n) is 5.97. The first kappa shape index (κ1) is 12.6. The highest BCUT2D eigenvalue weighted by atomic mass is 16.5. The number of nitrogens with one attached hydrogen (secondary N) is 1. The Labute approximate surface area is 105 Å². The smallest absolute Gasteiger partial charge is 0.341 e. The quantitative estimate of drug-likeness (QED) is 0.778. The van der Waals surface area contributed by atoms with E-state index in [1.807, 2.05) is 0 Å². The van der Waals surface area contributed by atoms with E-state index >= 15 is 0 Å². The van der Waals surface area contributed by atoms with E-state index in [-0.39, 0.29) is 6.04 Å². The summed E-state index contributed by atoms with van der Waals surface area (Å²) in [6.45, 7) is 3.42. The van der Waals surface area contributed by atoms with Crippen molar-refractivity contribution in [3.63, 3.8) is 0 Å². The second kappa shape index (κ2) is 5.68. The Bertz CT molecular complexity index is 431. The fourth-order valence-electron chi connectivity index (χ4n) is 1.80. The number of hydrogen-bond donors (Lipinski definition) is 2. The Hall–Kier alpha value is -1.82. The minimum atomic E-state index is -0.418. The molecule has 1 aliphatic rings. The average molecular weight is 251 g/mol. The molecule has 1 atom stereocenters. The van der Waals surface area contributed by atoms with Gasteiger partial charge in [0.1, 0.15) is 11.4 Å². The zero-order valence-electron chi connectivity index (χ0n) is 10.3. The second-order valence-corrected chi connectivity index (χ2v) is 4.09. The monoisotopic (exact) mass is 251 g/mol. The van der Waals surface area contributed by atoms with Gasteiger partial charge in [0, 0.05) is 6.61 Å². The number of ether oxygens (including phenoxy) is 2. The lowest BCUT2D eigenvalue weighted by molar-refractivity contribution is 0.0527. The number of hydrogen-bond acceptors (Lipinski definition) is 6. The van der Waals surface area contributed by atoms with Crippen molar-refractivity contribution in [1.82, 2.24) is 4.98 Å². The van der Waals surface area contributed by atoms with Crippen molar-refractivity contribution in [1.29, 1.82) is 0 Å². The molecule has 3 N–H and O–H groups in total. The van der Waals surface area contributed by atoms with Crippen molar-refractivity contribution in [2.24, 2.45) is 0 Å². The summed E-state index contributed by atoms with van der Waals surface area (Å²) in [6, 6.07) is 1.75. The molecule has 0 spiro atoms. The van der Waals surface area contributed by atoms with Crippen LogP contribution in [0.1, 0.15) is 23.7 Å². The van der Waals surface area contributed by atoms with Crippen LogP contribution in [0.4, 0.5) is 11.5 Å². The normalized spacial score (nSPS) is 18.6. The second-order valence-electron chi connectivity index (χ2n) is 4.09. The summed E-state index contributed by atoms with van der Waals surface area (Å²) in [5.74, 6) is 0.0804. The van der Waals surface area contributed by atoms with Crippen LogP contribution in [0.15, 0.2) is 12.3 Å². The van der Waals surface area contributed by atoms with Crippen LogP contribution in [0, 0.1) is 0 Å². The van der Waals surface area contributed by atoms with E-state index in [0.29, 0.717) is 30.3 Å². The number of nitrogens with two attached hydrogens (primary N) is 1. The zero-order chi connectivity index (χ0) is 13.0. The first-order chi connectivity index (χ1) is 8.70. The molecule has 0 radical (unpaired) electrons. The number of esters is 1.